The number of hydrogen-bond acceptors (Lipinski definition) is 3. The average Bonchev–Trinajstić information content (AvgIpc) is 2.37. The van der Waals surface area contributed by atoms with Gasteiger partial charge in [0.25, 0.3) is 0 Å². The average molecular weight is 250 g/mol. The zero-order valence-electron chi connectivity index (χ0n) is 10.6. The molecule has 0 aliphatic carbocycles. The molecule has 0 bridgehead atoms. The van der Waals surface area contributed by atoms with Crippen molar-refractivity contribution in [2.24, 2.45) is 0 Å². The van der Waals surface area contributed by atoms with Crippen LogP contribution in [0.1, 0.15) is 12.5 Å². The lowest BCUT2D eigenvalue weighted by Gasteiger charge is -2.14. The van der Waals surface area contributed by atoms with Gasteiger partial charge in [0.05, 0.1) is 13.7 Å². The zero-order chi connectivity index (χ0) is 13.4. The highest BCUT2D eigenvalue weighted by Crippen LogP contribution is 2.12. The molecule has 0 fully saturated rings. The van der Waals surface area contributed by atoms with Crippen LogP contribution in [0.25, 0.3) is 0 Å². The van der Waals surface area contributed by atoms with Crippen LogP contribution in [0.15, 0.2) is 24.3 Å². The lowest BCUT2D eigenvalue weighted by atomic mass is 10.1. The summed E-state index contributed by atoms with van der Waals surface area (Å²) in [4.78, 5) is 21.4. The third kappa shape index (κ3) is 4.86. The molecule has 0 aliphatic rings. The summed E-state index contributed by atoms with van der Waals surface area (Å²) in [5, 5.41) is 5.12. The second kappa shape index (κ2) is 7.32. The Morgan fingerprint density at radius 2 is 2.06 bits per heavy atom. The third-order valence-electron chi connectivity index (χ3n) is 2.45. The topological polar surface area (TPSA) is 67.4 Å². The van der Waals surface area contributed by atoms with Gasteiger partial charge in [-0.3, -0.25) is 9.59 Å². The van der Waals surface area contributed by atoms with Crippen molar-refractivity contribution in [3.05, 3.63) is 29.8 Å². The number of benzene rings is 1. The Kier molecular flexibility index (Phi) is 5.70. The Balaban J connectivity index is 2.40. The van der Waals surface area contributed by atoms with Gasteiger partial charge in [-0.25, -0.2) is 0 Å². The van der Waals surface area contributed by atoms with Gasteiger partial charge in [0.15, 0.2) is 0 Å². The van der Waals surface area contributed by atoms with Crippen LogP contribution in [0.4, 0.5) is 0 Å². The molecule has 0 heterocycles. The van der Waals surface area contributed by atoms with E-state index in [0.717, 1.165) is 17.7 Å². The van der Waals surface area contributed by atoms with E-state index in [-0.39, 0.29) is 18.5 Å². The molecule has 1 atom stereocenters. The molecule has 0 spiro atoms. The first-order valence-corrected chi connectivity index (χ1v) is 5.75. The summed E-state index contributed by atoms with van der Waals surface area (Å²) in [6.07, 6.45) is 1.24. The van der Waals surface area contributed by atoms with E-state index in [0.29, 0.717) is 6.41 Å². The first-order chi connectivity index (χ1) is 8.65. The number of carbonyl (C=O) groups excluding carboxylic acids is 2. The van der Waals surface area contributed by atoms with Crippen LogP contribution >= 0.6 is 0 Å². The lowest BCUT2D eigenvalue weighted by molar-refractivity contribution is -0.122. The lowest BCUT2D eigenvalue weighted by Crippen LogP contribution is -2.39. The molecule has 1 rings (SSSR count). The largest absolute Gasteiger partial charge is 0.497 e. The monoisotopic (exact) mass is 250 g/mol. The number of amides is 2. The summed E-state index contributed by atoms with van der Waals surface area (Å²) < 4.78 is 5.07. The van der Waals surface area contributed by atoms with E-state index < -0.39 is 0 Å². The van der Waals surface area contributed by atoms with Gasteiger partial charge in [-0.05, 0) is 31.0 Å². The van der Waals surface area contributed by atoms with E-state index in [1.165, 1.54) is 0 Å². The highest BCUT2D eigenvalue weighted by atomic mass is 16.5. The van der Waals surface area contributed by atoms with E-state index in [1.807, 2.05) is 31.2 Å². The van der Waals surface area contributed by atoms with E-state index in [2.05, 4.69) is 10.6 Å². The second-order valence-electron chi connectivity index (χ2n) is 4.02. The fourth-order valence-corrected chi connectivity index (χ4v) is 1.63. The number of methoxy groups -OCH3 is 1. The Bertz CT molecular complexity index is 390. The van der Waals surface area contributed by atoms with Gasteiger partial charge in [0, 0.05) is 6.04 Å². The number of hydrogen-bond donors (Lipinski definition) is 2. The molecule has 0 aromatic heterocycles. The quantitative estimate of drug-likeness (QED) is 0.692. The van der Waals surface area contributed by atoms with Crippen molar-refractivity contribution in [1.29, 1.82) is 0 Å². The minimum absolute atomic E-state index is 0.0104. The Labute approximate surface area is 107 Å². The Morgan fingerprint density at radius 3 is 2.61 bits per heavy atom. The molecule has 5 nitrogen and oxygen atoms in total. The van der Waals surface area contributed by atoms with Crippen LogP contribution in [-0.2, 0) is 16.0 Å². The molecule has 1 aromatic rings. The molecule has 2 amide bonds. The SMILES string of the molecule is COc1ccc(C[C@@H](C)NC(=O)CNC=O)cc1. The van der Waals surface area contributed by atoms with Crippen molar-refractivity contribution >= 4 is 12.3 Å². The van der Waals surface area contributed by atoms with Gasteiger partial charge in [-0.2, -0.15) is 0 Å². The minimum atomic E-state index is -0.192. The first-order valence-electron chi connectivity index (χ1n) is 5.75. The number of carbonyl (C=O) groups is 2. The molecule has 0 aliphatic heterocycles. The van der Waals surface area contributed by atoms with Crippen LogP contribution in [0.2, 0.25) is 0 Å². The predicted molar refractivity (Wildman–Crippen MR) is 68.4 cm³/mol. The second-order valence-corrected chi connectivity index (χ2v) is 4.02. The van der Waals surface area contributed by atoms with E-state index >= 15 is 0 Å². The van der Waals surface area contributed by atoms with Gasteiger partial charge in [-0.15, -0.1) is 0 Å². The smallest absolute Gasteiger partial charge is 0.239 e. The van der Waals surface area contributed by atoms with Crippen LogP contribution in [0.3, 0.4) is 0 Å². The van der Waals surface area contributed by atoms with Crippen LogP contribution < -0.4 is 15.4 Å². The summed E-state index contributed by atoms with van der Waals surface area (Å²) in [5.41, 5.74) is 1.12. The van der Waals surface area contributed by atoms with E-state index in [4.69, 9.17) is 4.74 Å². The van der Waals surface area contributed by atoms with E-state index in [9.17, 15) is 9.59 Å². The van der Waals surface area contributed by atoms with Crippen LogP contribution in [0.5, 0.6) is 5.75 Å². The summed E-state index contributed by atoms with van der Waals surface area (Å²) in [6, 6.07) is 7.71. The van der Waals surface area contributed by atoms with E-state index in [1.54, 1.807) is 7.11 Å². The van der Waals surface area contributed by atoms with Crippen molar-refractivity contribution in [3.63, 3.8) is 0 Å². The molecule has 18 heavy (non-hydrogen) atoms. The van der Waals surface area contributed by atoms with Crippen molar-refractivity contribution < 1.29 is 14.3 Å². The maximum Gasteiger partial charge on any atom is 0.239 e. The molecule has 2 N–H and O–H groups in total. The maximum absolute atomic E-state index is 11.4. The van der Waals surface area contributed by atoms with Crippen molar-refractivity contribution in [3.8, 4) is 5.75 Å². The third-order valence-corrected chi connectivity index (χ3v) is 2.45. The van der Waals surface area contributed by atoms with Gasteiger partial charge in [-0.1, -0.05) is 12.1 Å². The number of rotatable bonds is 7. The minimum Gasteiger partial charge on any atom is -0.497 e. The highest BCUT2D eigenvalue weighted by Gasteiger charge is 2.07. The van der Waals surface area contributed by atoms with Crippen molar-refractivity contribution in [2.45, 2.75) is 19.4 Å². The predicted octanol–water partition coefficient (Wildman–Crippen LogP) is 0.488. The fourth-order valence-electron chi connectivity index (χ4n) is 1.63. The normalized spacial score (nSPS) is 11.4. The van der Waals surface area contributed by atoms with Gasteiger partial charge in [0.1, 0.15) is 5.75 Å². The van der Waals surface area contributed by atoms with Crippen LogP contribution in [-0.4, -0.2) is 32.0 Å². The standard InChI is InChI=1S/C13H18N2O3/c1-10(15-13(17)8-14-9-16)7-11-3-5-12(18-2)6-4-11/h3-6,9-10H,7-8H2,1-2H3,(H,14,16)(H,15,17)/t10-/m1/s1. The van der Waals surface area contributed by atoms with Gasteiger partial charge < -0.3 is 15.4 Å². The fraction of sp³-hybridized carbons (Fsp3) is 0.385. The molecular weight excluding hydrogens is 232 g/mol. The molecular formula is C13H18N2O3. The van der Waals surface area contributed by atoms with Gasteiger partial charge >= 0.3 is 0 Å². The molecule has 5 heteroatoms. The molecule has 1 aromatic carbocycles. The summed E-state index contributed by atoms with van der Waals surface area (Å²) in [6.45, 7) is 1.93. The molecule has 0 unspecified atom stereocenters. The summed E-state index contributed by atoms with van der Waals surface area (Å²) in [5.74, 6) is 0.619. The van der Waals surface area contributed by atoms with Crippen molar-refractivity contribution in [1.82, 2.24) is 10.6 Å². The van der Waals surface area contributed by atoms with Crippen LogP contribution in [0, 0.1) is 0 Å². The molecule has 0 saturated heterocycles. The highest BCUT2D eigenvalue weighted by molar-refractivity contribution is 5.80. The Morgan fingerprint density at radius 1 is 1.39 bits per heavy atom. The molecule has 98 valence electrons. The molecule has 0 saturated carbocycles. The summed E-state index contributed by atoms with van der Waals surface area (Å²) >= 11 is 0. The van der Waals surface area contributed by atoms with Crippen molar-refractivity contribution in [2.75, 3.05) is 13.7 Å². The zero-order valence-corrected chi connectivity index (χ0v) is 10.6. The summed E-state index contributed by atoms with van der Waals surface area (Å²) in [7, 11) is 1.62. The molecule has 0 radical (unpaired) electrons. The first kappa shape index (κ1) is 14.0. The number of ether oxygens (including phenoxy) is 1. The van der Waals surface area contributed by atoms with Gasteiger partial charge in [0.2, 0.25) is 12.3 Å². The Hall–Kier alpha value is -2.04. The number of nitrogens with one attached hydrogen (secondary N) is 2. The maximum atomic E-state index is 11.4.